The Morgan fingerprint density at radius 1 is 1.29 bits per heavy atom. The number of unbranched alkanes of at least 4 members (excludes halogenated alkanes) is 2. The van der Waals surface area contributed by atoms with Crippen molar-refractivity contribution in [2.45, 2.75) is 46.0 Å². The van der Waals surface area contributed by atoms with Crippen molar-refractivity contribution in [3.63, 3.8) is 0 Å². The maximum Gasteiger partial charge on any atom is 0.304 e. The fourth-order valence-electron chi connectivity index (χ4n) is 2.36. The molecule has 132 valence electrons. The Morgan fingerprint density at radius 2 is 2.04 bits per heavy atom. The molecule has 0 aliphatic carbocycles. The molecule has 0 aliphatic rings. The van der Waals surface area contributed by atoms with Crippen molar-refractivity contribution in [2.24, 2.45) is 11.8 Å². The van der Waals surface area contributed by atoms with E-state index >= 15 is 0 Å². The molecule has 1 amide bonds. The van der Waals surface area contributed by atoms with Crippen LogP contribution in [0.1, 0.15) is 46.0 Å². The van der Waals surface area contributed by atoms with Gasteiger partial charge in [0.1, 0.15) is 0 Å². The average Bonchev–Trinajstić information content (AvgIpc) is 2.48. The first kappa shape index (κ1) is 19.7. The Kier molecular flexibility index (Phi) is 8.61. The lowest BCUT2D eigenvalue weighted by atomic mass is 10.0. The van der Waals surface area contributed by atoms with Gasteiger partial charge in [-0.15, -0.1) is 0 Å². The summed E-state index contributed by atoms with van der Waals surface area (Å²) in [4.78, 5) is 23.3. The summed E-state index contributed by atoms with van der Waals surface area (Å²) >= 11 is 0. The Labute approximate surface area is 143 Å². The number of allylic oxidation sites excluding steroid dienone is 1. The van der Waals surface area contributed by atoms with Crippen LogP contribution in [0.4, 0.5) is 11.4 Å². The summed E-state index contributed by atoms with van der Waals surface area (Å²) in [6, 6.07) is 6.83. The number of benzene rings is 1. The van der Waals surface area contributed by atoms with Crippen LogP contribution in [0.5, 0.6) is 0 Å². The standard InChI is InChI=1S/C19H28N2O3/c1-14(2)8-5-3-4-6-9-15(12-18(22)23)19(24)21-17-11-7-10-16(20)13-17/h6-7,9-11,13-15H,3-5,8,12,20H2,1-2H3,(H,21,24)(H,22,23). The zero-order valence-corrected chi connectivity index (χ0v) is 14.5. The molecule has 0 bridgehead atoms. The number of aliphatic carboxylic acids is 1. The van der Waals surface area contributed by atoms with Gasteiger partial charge in [-0.05, 0) is 37.0 Å². The van der Waals surface area contributed by atoms with Gasteiger partial charge in [-0.2, -0.15) is 0 Å². The van der Waals surface area contributed by atoms with Crippen molar-refractivity contribution < 1.29 is 14.7 Å². The summed E-state index contributed by atoms with van der Waals surface area (Å²) in [7, 11) is 0. The molecule has 0 aliphatic heterocycles. The molecule has 1 aromatic rings. The summed E-state index contributed by atoms with van der Waals surface area (Å²) in [5.74, 6) is -1.32. The number of rotatable bonds is 10. The first-order valence-corrected chi connectivity index (χ1v) is 8.43. The summed E-state index contributed by atoms with van der Waals surface area (Å²) in [6.45, 7) is 4.39. The van der Waals surface area contributed by atoms with Crippen LogP contribution in [0, 0.1) is 11.8 Å². The molecule has 0 saturated carbocycles. The predicted octanol–water partition coefficient (Wildman–Crippen LogP) is 4.07. The van der Waals surface area contributed by atoms with Gasteiger partial charge in [-0.3, -0.25) is 9.59 Å². The third-order valence-corrected chi connectivity index (χ3v) is 3.66. The van der Waals surface area contributed by atoms with Gasteiger partial charge in [0.05, 0.1) is 12.3 Å². The van der Waals surface area contributed by atoms with Crippen molar-refractivity contribution >= 4 is 23.3 Å². The van der Waals surface area contributed by atoms with Crippen LogP contribution < -0.4 is 11.1 Å². The smallest absolute Gasteiger partial charge is 0.304 e. The maximum absolute atomic E-state index is 12.3. The predicted molar refractivity (Wildman–Crippen MR) is 97.7 cm³/mol. The SMILES string of the molecule is CC(C)CCCCC=CC(CC(=O)O)C(=O)Nc1cccc(N)c1. The van der Waals surface area contributed by atoms with Crippen molar-refractivity contribution in [2.75, 3.05) is 11.1 Å². The molecule has 0 spiro atoms. The van der Waals surface area contributed by atoms with E-state index in [2.05, 4.69) is 19.2 Å². The van der Waals surface area contributed by atoms with E-state index in [-0.39, 0.29) is 12.3 Å². The van der Waals surface area contributed by atoms with Gasteiger partial charge < -0.3 is 16.2 Å². The molecule has 1 aromatic carbocycles. The summed E-state index contributed by atoms with van der Waals surface area (Å²) < 4.78 is 0. The van der Waals surface area contributed by atoms with Crippen LogP contribution in [0.3, 0.4) is 0 Å². The van der Waals surface area contributed by atoms with Gasteiger partial charge in [-0.1, -0.05) is 44.9 Å². The van der Waals surface area contributed by atoms with E-state index in [1.807, 2.05) is 6.08 Å². The lowest BCUT2D eigenvalue weighted by molar-refractivity contribution is -0.139. The first-order valence-electron chi connectivity index (χ1n) is 8.43. The van der Waals surface area contributed by atoms with Crippen molar-refractivity contribution in [3.8, 4) is 0 Å². The minimum Gasteiger partial charge on any atom is -0.481 e. The number of carbonyl (C=O) groups excluding carboxylic acids is 1. The van der Waals surface area contributed by atoms with Gasteiger partial charge in [-0.25, -0.2) is 0 Å². The van der Waals surface area contributed by atoms with Crippen molar-refractivity contribution in [1.82, 2.24) is 0 Å². The van der Waals surface area contributed by atoms with Gasteiger partial charge in [0.2, 0.25) is 5.91 Å². The quantitative estimate of drug-likeness (QED) is 0.342. The van der Waals surface area contributed by atoms with Crippen LogP contribution in [0.2, 0.25) is 0 Å². The van der Waals surface area contributed by atoms with Crippen LogP contribution in [-0.2, 0) is 9.59 Å². The Hall–Kier alpha value is -2.30. The fraction of sp³-hybridized carbons (Fsp3) is 0.474. The molecular formula is C19H28N2O3. The Bertz CT molecular complexity index is 567. The number of hydrogen-bond donors (Lipinski definition) is 3. The Balaban J connectivity index is 2.57. The molecule has 5 heteroatoms. The van der Waals surface area contributed by atoms with Crippen molar-refractivity contribution in [1.29, 1.82) is 0 Å². The number of hydrogen-bond acceptors (Lipinski definition) is 3. The molecule has 1 atom stereocenters. The normalized spacial score (nSPS) is 12.5. The lowest BCUT2D eigenvalue weighted by Crippen LogP contribution is -2.23. The number of carbonyl (C=O) groups is 2. The zero-order chi connectivity index (χ0) is 17.9. The third-order valence-electron chi connectivity index (χ3n) is 3.66. The molecule has 24 heavy (non-hydrogen) atoms. The molecular weight excluding hydrogens is 304 g/mol. The molecule has 0 aromatic heterocycles. The highest BCUT2D eigenvalue weighted by Crippen LogP contribution is 2.16. The fourth-order valence-corrected chi connectivity index (χ4v) is 2.36. The van der Waals surface area contributed by atoms with Gasteiger partial charge in [0.15, 0.2) is 0 Å². The van der Waals surface area contributed by atoms with Crippen LogP contribution in [-0.4, -0.2) is 17.0 Å². The Morgan fingerprint density at radius 3 is 2.67 bits per heavy atom. The number of carboxylic acids is 1. The van der Waals surface area contributed by atoms with Crippen molar-refractivity contribution in [3.05, 3.63) is 36.4 Å². The molecule has 5 nitrogen and oxygen atoms in total. The average molecular weight is 332 g/mol. The second-order valence-corrected chi connectivity index (χ2v) is 6.43. The maximum atomic E-state index is 12.3. The van der Waals surface area contributed by atoms with E-state index < -0.39 is 11.9 Å². The first-order chi connectivity index (χ1) is 11.4. The van der Waals surface area contributed by atoms with E-state index in [1.54, 1.807) is 30.3 Å². The van der Waals surface area contributed by atoms with Gasteiger partial charge in [0.25, 0.3) is 0 Å². The second kappa shape index (κ2) is 10.5. The van der Waals surface area contributed by atoms with E-state index in [1.165, 1.54) is 6.42 Å². The highest BCUT2D eigenvalue weighted by molar-refractivity contribution is 5.95. The topological polar surface area (TPSA) is 92.4 Å². The van der Waals surface area contributed by atoms with E-state index in [0.717, 1.165) is 19.3 Å². The largest absolute Gasteiger partial charge is 0.481 e. The monoisotopic (exact) mass is 332 g/mol. The number of anilines is 2. The van der Waals surface area contributed by atoms with Crippen LogP contribution in [0.15, 0.2) is 36.4 Å². The number of amides is 1. The molecule has 1 unspecified atom stereocenters. The van der Waals surface area contributed by atoms with Crippen LogP contribution >= 0.6 is 0 Å². The van der Waals surface area contributed by atoms with Gasteiger partial charge >= 0.3 is 5.97 Å². The van der Waals surface area contributed by atoms with E-state index in [4.69, 9.17) is 10.8 Å². The van der Waals surface area contributed by atoms with E-state index in [9.17, 15) is 9.59 Å². The zero-order valence-electron chi connectivity index (χ0n) is 14.5. The molecule has 0 fully saturated rings. The molecule has 4 N–H and O–H groups in total. The number of nitrogens with one attached hydrogen (secondary N) is 1. The number of nitrogen functional groups attached to an aromatic ring is 1. The summed E-state index contributed by atoms with van der Waals surface area (Å²) in [5, 5.41) is 11.7. The molecule has 0 radical (unpaired) electrons. The van der Waals surface area contributed by atoms with E-state index in [0.29, 0.717) is 17.3 Å². The minimum absolute atomic E-state index is 0.226. The molecule has 1 rings (SSSR count). The molecule has 0 saturated heterocycles. The summed E-state index contributed by atoms with van der Waals surface area (Å²) in [6.07, 6.45) is 7.61. The van der Waals surface area contributed by atoms with Crippen LogP contribution in [0.25, 0.3) is 0 Å². The lowest BCUT2D eigenvalue weighted by Gasteiger charge is -2.12. The highest BCUT2D eigenvalue weighted by atomic mass is 16.4. The second-order valence-electron chi connectivity index (χ2n) is 6.43. The minimum atomic E-state index is -0.993. The third kappa shape index (κ3) is 8.36. The van der Waals surface area contributed by atoms with Gasteiger partial charge in [0, 0.05) is 11.4 Å². The summed E-state index contributed by atoms with van der Waals surface area (Å²) in [5.41, 5.74) is 6.79. The number of carboxylic acid groups (broad SMARTS) is 1. The highest BCUT2D eigenvalue weighted by Gasteiger charge is 2.19. The number of nitrogens with two attached hydrogens (primary N) is 1. The molecule has 0 heterocycles.